The molecule has 194 valence electrons. The number of hydrogen-bond donors (Lipinski definition) is 0. The SMILES string of the molecule is CCCCC(CC)COc1ccc(PC(=O)c2c(C)cccc2C)c(OCC(CC)CCCC)c1. The van der Waals surface area contributed by atoms with Gasteiger partial charge in [-0.3, -0.25) is 4.79 Å². The average Bonchev–Trinajstić information content (AvgIpc) is 2.85. The van der Waals surface area contributed by atoms with E-state index in [1.807, 2.05) is 50.2 Å². The Labute approximate surface area is 216 Å². The van der Waals surface area contributed by atoms with Gasteiger partial charge in [0.25, 0.3) is 0 Å². The summed E-state index contributed by atoms with van der Waals surface area (Å²) < 4.78 is 12.6. The number of rotatable bonds is 17. The third-order valence-corrected chi connectivity index (χ3v) is 8.12. The number of benzene rings is 2. The van der Waals surface area contributed by atoms with Gasteiger partial charge in [-0.15, -0.1) is 0 Å². The Morgan fingerprint density at radius 3 is 1.94 bits per heavy atom. The number of hydrogen-bond acceptors (Lipinski definition) is 3. The molecule has 2 aromatic rings. The highest BCUT2D eigenvalue weighted by molar-refractivity contribution is 7.66. The molecule has 0 spiro atoms. The van der Waals surface area contributed by atoms with Crippen molar-refractivity contribution < 1.29 is 14.3 Å². The summed E-state index contributed by atoms with van der Waals surface area (Å²) >= 11 is 0. The quantitative estimate of drug-likeness (QED) is 0.205. The fraction of sp³-hybridized carbons (Fsp3) is 0.581. The van der Waals surface area contributed by atoms with Crippen LogP contribution in [0, 0.1) is 25.7 Å². The molecule has 0 saturated heterocycles. The number of carbonyl (C=O) groups excluding carboxylic acids is 1. The van der Waals surface area contributed by atoms with Crippen LogP contribution in [0.1, 0.15) is 101 Å². The van der Waals surface area contributed by atoms with E-state index in [2.05, 4.69) is 27.7 Å². The Morgan fingerprint density at radius 2 is 1.40 bits per heavy atom. The maximum absolute atomic E-state index is 13.3. The molecule has 0 aliphatic heterocycles. The summed E-state index contributed by atoms with van der Waals surface area (Å²) in [5.41, 5.74) is 3.08. The van der Waals surface area contributed by atoms with Gasteiger partial charge in [-0.25, -0.2) is 0 Å². The van der Waals surface area contributed by atoms with Crippen LogP contribution >= 0.6 is 8.58 Å². The lowest BCUT2D eigenvalue weighted by Gasteiger charge is -2.20. The molecule has 0 N–H and O–H groups in total. The number of unbranched alkanes of at least 4 members (excludes halogenated alkanes) is 2. The van der Waals surface area contributed by atoms with E-state index in [0.29, 0.717) is 18.4 Å². The molecule has 2 aromatic carbocycles. The van der Waals surface area contributed by atoms with Crippen LogP contribution in [0.5, 0.6) is 11.5 Å². The fourth-order valence-electron chi connectivity index (χ4n) is 4.39. The minimum atomic E-state index is 0.0266. The Kier molecular flexibility index (Phi) is 13.4. The molecule has 3 nitrogen and oxygen atoms in total. The van der Waals surface area contributed by atoms with Crippen molar-refractivity contribution in [2.75, 3.05) is 13.2 Å². The smallest absolute Gasteiger partial charge is 0.186 e. The lowest BCUT2D eigenvalue weighted by atomic mass is 10.0. The van der Waals surface area contributed by atoms with Crippen molar-refractivity contribution in [1.29, 1.82) is 0 Å². The predicted molar refractivity (Wildman–Crippen MR) is 152 cm³/mol. The third-order valence-electron chi connectivity index (χ3n) is 6.96. The molecule has 0 aliphatic carbocycles. The van der Waals surface area contributed by atoms with Crippen LogP contribution in [0.3, 0.4) is 0 Å². The Morgan fingerprint density at radius 1 is 0.829 bits per heavy atom. The summed E-state index contributed by atoms with van der Waals surface area (Å²) in [7, 11) is 0.0266. The highest BCUT2D eigenvalue weighted by Gasteiger charge is 2.17. The first-order valence-electron chi connectivity index (χ1n) is 13.7. The van der Waals surface area contributed by atoms with E-state index < -0.39 is 0 Å². The van der Waals surface area contributed by atoms with Crippen molar-refractivity contribution in [3.8, 4) is 11.5 Å². The molecule has 2 rings (SSSR count). The van der Waals surface area contributed by atoms with Crippen molar-refractivity contribution in [2.24, 2.45) is 11.8 Å². The molecular formula is C31H47O3P. The monoisotopic (exact) mass is 498 g/mol. The minimum absolute atomic E-state index is 0.0266. The summed E-state index contributed by atoms with van der Waals surface area (Å²) in [4.78, 5) is 13.3. The first-order chi connectivity index (χ1) is 16.9. The second-order valence-corrected chi connectivity index (χ2v) is 11.1. The highest BCUT2D eigenvalue weighted by atomic mass is 31.1. The maximum Gasteiger partial charge on any atom is 0.186 e. The number of aryl methyl sites for hydroxylation is 2. The maximum atomic E-state index is 13.3. The zero-order chi connectivity index (χ0) is 25.6. The van der Waals surface area contributed by atoms with Crippen molar-refractivity contribution in [3.63, 3.8) is 0 Å². The molecule has 4 heteroatoms. The lowest BCUT2D eigenvalue weighted by molar-refractivity contribution is 0.108. The summed E-state index contributed by atoms with van der Waals surface area (Å²) in [6, 6.07) is 12.1. The molecule has 0 radical (unpaired) electrons. The molecule has 0 saturated carbocycles. The normalized spacial score (nSPS) is 13.2. The minimum Gasteiger partial charge on any atom is -0.493 e. The summed E-state index contributed by atoms with van der Waals surface area (Å²) in [6.07, 6.45) is 9.50. The summed E-state index contributed by atoms with van der Waals surface area (Å²) in [5, 5.41) is 0.966. The zero-order valence-electron chi connectivity index (χ0n) is 22.9. The van der Waals surface area contributed by atoms with Crippen LogP contribution in [0.15, 0.2) is 36.4 Å². The molecule has 3 atom stereocenters. The van der Waals surface area contributed by atoms with Gasteiger partial charge in [0.1, 0.15) is 11.5 Å². The number of ether oxygens (including phenoxy) is 2. The van der Waals surface area contributed by atoms with Crippen LogP contribution in [-0.4, -0.2) is 18.7 Å². The average molecular weight is 499 g/mol. The van der Waals surface area contributed by atoms with Crippen LogP contribution < -0.4 is 14.8 Å². The Hall–Kier alpha value is -1.86. The van der Waals surface area contributed by atoms with Crippen molar-refractivity contribution in [2.45, 2.75) is 92.9 Å². The van der Waals surface area contributed by atoms with Gasteiger partial charge in [0.05, 0.1) is 13.2 Å². The molecule has 0 heterocycles. The van der Waals surface area contributed by atoms with Crippen molar-refractivity contribution in [3.05, 3.63) is 53.1 Å². The van der Waals surface area contributed by atoms with E-state index in [1.54, 1.807) is 0 Å². The Balaban J connectivity index is 2.22. The molecule has 35 heavy (non-hydrogen) atoms. The molecule has 0 fully saturated rings. The fourth-order valence-corrected chi connectivity index (χ4v) is 5.59. The third kappa shape index (κ3) is 9.60. The van der Waals surface area contributed by atoms with Gasteiger partial charge in [0, 0.05) is 16.9 Å². The van der Waals surface area contributed by atoms with E-state index in [-0.39, 0.29) is 14.1 Å². The highest BCUT2D eigenvalue weighted by Crippen LogP contribution is 2.31. The summed E-state index contributed by atoms with van der Waals surface area (Å²) in [5.74, 6) is 2.75. The van der Waals surface area contributed by atoms with Gasteiger partial charge in [-0.2, -0.15) is 0 Å². The van der Waals surface area contributed by atoms with Gasteiger partial charge in [-0.1, -0.05) is 84.4 Å². The molecular weight excluding hydrogens is 451 g/mol. The lowest BCUT2D eigenvalue weighted by Crippen LogP contribution is -2.16. The molecule has 3 unspecified atom stereocenters. The first-order valence-corrected chi connectivity index (χ1v) is 14.7. The van der Waals surface area contributed by atoms with Crippen molar-refractivity contribution in [1.82, 2.24) is 0 Å². The van der Waals surface area contributed by atoms with E-state index in [4.69, 9.17) is 9.47 Å². The first kappa shape index (κ1) is 29.4. The predicted octanol–water partition coefficient (Wildman–Crippen LogP) is 8.64. The number of carbonyl (C=O) groups is 1. The van der Waals surface area contributed by atoms with Gasteiger partial charge in [0.15, 0.2) is 5.52 Å². The Bertz CT molecular complexity index is 888. The molecule has 0 aromatic heterocycles. The van der Waals surface area contributed by atoms with Crippen LogP contribution in [0.4, 0.5) is 0 Å². The van der Waals surface area contributed by atoms with Gasteiger partial charge in [0.2, 0.25) is 0 Å². The largest absolute Gasteiger partial charge is 0.493 e. The van der Waals surface area contributed by atoms with Gasteiger partial charge in [-0.05, 0) is 70.4 Å². The van der Waals surface area contributed by atoms with E-state index >= 15 is 0 Å². The second-order valence-electron chi connectivity index (χ2n) is 9.83. The topological polar surface area (TPSA) is 35.5 Å². The van der Waals surface area contributed by atoms with Crippen LogP contribution in [0.2, 0.25) is 0 Å². The molecule has 0 amide bonds. The van der Waals surface area contributed by atoms with E-state index in [9.17, 15) is 4.79 Å². The zero-order valence-corrected chi connectivity index (χ0v) is 23.9. The van der Waals surface area contributed by atoms with Gasteiger partial charge < -0.3 is 9.47 Å². The van der Waals surface area contributed by atoms with E-state index in [0.717, 1.165) is 52.9 Å². The van der Waals surface area contributed by atoms with Crippen LogP contribution in [0.25, 0.3) is 0 Å². The molecule has 0 bridgehead atoms. The summed E-state index contributed by atoms with van der Waals surface area (Å²) in [6.45, 7) is 14.4. The van der Waals surface area contributed by atoms with Crippen LogP contribution in [-0.2, 0) is 0 Å². The van der Waals surface area contributed by atoms with Gasteiger partial charge >= 0.3 is 0 Å². The standard InChI is InChI=1S/C31H47O3P/c1-7-11-16-25(9-3)21-33-27-18-19-29(28(20-27)34-22-26(10-4)17-12-8-2)35-31(32)30-23(5)14-13-15-24(30)6/h13-15,18-20,25-26,35H,7-12,16-17,21-22H2,1-6H3. The molecule has 0 aliphatic rings. The second kappa shape index (κ2) is 16.0. The van der Waals surface area contributed by atoms with Crippen molar-refractivity contribution >= 4 is 19.4 Å². The van der Waals surface area contributed by atoms with E-state index in [1.165, 1.54) is 38.5 Å².